The van der Waals surface area contributed by atoms with Crippen LogP contribution in [0.2, 0.25) is 0 Å². The van der Waals surface area contributed by atoms with E-state index in [1.165, 1.54) is 0 Å². The second kappa shape index (κ2) is 7.56. The molecule has 0 aromatic carbocycles. The van der Waals surface area contributed by atoms with Gasteiger partial charge in [-0.2, -0.15) is 0 Å². The van der Waals surface area contributed by atoms with E-state index >= 15 is 0 Å². The Kier molecular flexibility index (Phi) is 5.02. The Balaban J connectivity index is 1.65. The molecule has 7 nitrogen and oxygen atoms in total. The van der Waals surface area contributed by atoms with Crippen LogP contribution in [0.5, 0.6) is 0 Å². The lowest BCUT2D eigenvalue weighted by atomic mass is 10.3. The van der Waals surface area contributed by atoms with Gasteiger partial charge >= 0.3 is 0 Å². The van der Waals surface area contributed by atoms with Crippen LogP contribution in [0.1, 0.15) is 17.2 Å². The number of furan rings is 1. The van der Waals surface area contributed by atoms with Crippen molar-refractivity contribution in [3.05, 3.63) is 66.1 Å². The zero-order chi connectivity index (χ0) is 16.8. The van der Waals surface area contributed by atoms with Crippen LogP contribution in [0.4, 0.5) is 5.82 Å². The van der Waals surface area contributed by atoms with Crippen LogP contribution in [0.15, 0.2) is 57.8 Å². The highest BCUT2D eigenvalue weighted by Crippen LogP contribution is 2.11. The molecule has 3 aromatic rings. The second-order valence-corrected chi connectivity index (χ2v) is 5.42. The quantitative estimate of drug-likeness (QED) is 0.718. The van der Waals surface area contributed by atoms with Gasteiger partial charge in [-0.1, -0.05) is 11.2 Å². The van der Waals surface area contributed by atoms with Crippen LogP contribution in [-0.2, 0) is 17.9 Å². The number of aromatic nitrogens is 2. The van der Waals surface area contributed by atoms with Crippen molar-refractivity contribution in [2.45, 2.75) is 20.0 Å². The molecule has 0 radical (unpaired) electrons. The van der Waals surface area contributed by atoms with E-state index in [1.54, 1.807) is 25.5 Å². The number of carbonyl (C=O) groups excluding carboxylic acids is 1. The van der Waals surface area contributed by atoms with Gasteiger partial charge in [0.15, 0.2) is 5.82 Å². The highest BCUT2D eigenvalue weighted by Gasteiger charge is 2.15. The first kappa shape index (κ1) is 15.9. The van der Waals surface area contributed by atoms with Crippen molar-refractivity contribution in [1.29, 1.82) is 0 Å². The van der Waals surface area contributed by atoms with Crippen LogP contribution in [-0.4, -0.2) is 27.5 Å². The molecular weight excluding hydrogens is 308 g/mol. The van der Waals surface area contributed by atoms with Crippen molar-refractivity contribution in [3.63, 3.8) is 0 Å². The molecule has 7 heteroatoms. The van der Waals surface area contributed by atoms with Crippen molar-refractivity contribution in [2.75, 3.05) is 11.9 Å². The summed E-state index contributed by atoms with van der Waals surface area (Å²) in [5.41, 5.74) is 0.883. The fourth-order valence-electron chi connectivity index (χ4n) is 2.32. The number of nitrogens with zero attached hydrogens (tertiary/aromatic N) is 3. The van der Waals surface area contributed by atoms with Crippen molar-refractivity contribution < 1.29 is 13.7 Å². The zero-order valence-electron chi connectivity index (χ0n) is 13.3. The van der Waals surface area contributed by atoms with E-state index in [1.807, 2.05) is 35.2 Å². The fourth-order valence-corrected chi connectivity index (χ4v) is 2.32. The molecule has 0 fully saturated rings. The maximum atomic E-state index is 12.3. The Bertz CT molecular complexity index is 768. The Hall–Kier alpha value is -2.93. The first-order chi connectivity index (χ1) is 11.7. The van der Waals surface area contributed by atoms with Crippen molar-refractivity contribution in [2.24, 2.45) is 0 Å². The number of rotatable bonds is 7. The van der Waals surface area contributed by atoms with E-state index in [4.69, 9.17) is 8.94 Å². The molecule has 1 N–H and O–H groups in total. The molecule has 0 spiro atoms. The van der Waals surface area contributed by atoms with Crippen molar-refractivity contribution in [1.82, 2.24) is 15.0 Å². The van der Waals surface area contributed by atoms with Gasteiger partial charge in [-0.05, 0) is 31.2 Å². The predicted molar refractivity (Wildman–Crippen MR) is 86.9 cm³/mol. The first-order valence-electron chi connectivity index (χ1n) is 7.57. The molecule has 1 amide bonds. The summed E-state index contributed by atoms with van der Waals surface area (Å²) in [6.45, 7) is 3.00. The molecule has 124 valence electrons. The highest BCUT2D eigenvalue weighted by atomic mass is 16.5. The minimum Gasteiger partial charge on any atom is -0.468 e. The maximum Gasteiger partial charge on any atom is 0.239 e. The summed E-state index contributed by atoms with van der Waals surface area (Å²) in [5, 5.41) is 6.49. The summed E-state index contributed by atoms with van der Waals surface area (Å²) in [6.07, 6.45) is 3.35. The van der Waals surface area contributed by atoms with Gasteiger partial charge in [-0.3, -0.25) is 14.7 Å². The summed E-state index contributed by atoms with van der Waals surface area (Å²) in [5.74, 6) is 1.67. The number of anilines is 1. The first-order valence-corrected chi connectivity index (χ1v) is 7.57. The van der Waals surface area contributed by atoms with Crippen molar-refractivity contribution in [3.8, 4) is 0 Å². The minimum atomic E-state index is -0.175. The molecule has 3 aromatic heterocycles. The van der Waals surface area contributed by atoms with E-state index < -0.39 is 0 Å². The summed E-state index contributed by atoms with van der Waals surface area (Å²) in [4.78, 5) is 18.5. The van der Waals surface area contributed by atoms with Gasteiger partial charge in [-0.25, -0.2) is 0 Å². The average Bonchev–Trinajstić information content (AvgIpc) is 3.20. The maximum absolute atomic E-state index is 12.3. The molecule has 0 aliphatic rings. The third kappa shape index (κ3) is 4.53. The van der Waals surface area contributed by atoms with Gasteiger partial charge in [0.1, 0.15) is 11.5 Å². The molecule has 0 saturated carbocycles. The number of pyridine rings is 1. The molecule has 0 unspecified atom stereocenters. The molecular formula is C17H18N4O3. The molecule has 0 aliphatic heterocycles. The van der Waals surface area contributed by atoms with E-state index in [0.29, 0.717) is 24.7 Å². The van der Waals surface area contributed by atoms with E-state index in [0.717, 1.165) is 11.5 Å². The summed E-state index contributed by atoms with van der Waals surface area (Å²) >= 11 is 0. The fraction of sp³-hybridized carbons (Fsp3) is 0.235. The summed E-state index contributed by atoms with van der Waals surface area (Å²) in [7, 11) is 0. The van der Waals surface area contributed by atoms with Crippen LogP contribution in [0.3, 0.4) is 0 Å². The Morgan fingerprint density at radius 1 is 1.25 bits per heavy atom. The number of carbonyl (C=O) groups is 1. The molecule has 3 heterocycles. The molecule has 3 rings (SSSR count). The molecule has 0 saturated heterocycles. The van der Waals surface area contributed by atoms with Crippen LogP contribution in [0.25, 0.3) is 0 Å². The molecule has 0 atom stereocenters. The number of hydrogen-bond acceptors (Lipinski definition) is 6. The monoisotopic (exact) mass is 326 g/mol. The topological polar surface area (TPSA) is 84.4 Å². The van der Waals surface area contributed by atoms with Gasteiger partial charge in [0, 0.05) is 18.8 Å². The smallest absolute Gasteiger partial charge is 0.239 e. The number of hydrogen-bond donors (Lipinski definition) is 1. The van der Waals surface area contributed by atoms with Crippen molar-refractivity contribution >= 4 is 11.7 Å². The highest BCUT2D eigenvalue weighted by molar-refractivity contribution is 5.91. The number of amides is 1. The lowest BCUT2D eigenvalue weighted by Crippen LogP contribution is -2.32. The Morgan fingerprint density at radius 2 is 2.17 bits per heavy atom. The Labute approximate surface area is 139 Å². The van der Waals surface area contributed by atoms with Crippen LogP contribution in [0, 0.1) is 6.92 Å². The normalized spacial score (nSPS) is 10.9. The zero-order valence-corrected chi connectivity index (χ0v) is 13.3. The number of aryl methyl sites for hydroxylation is 1. The standard InChI is InChI=1S/C17H18N4O3/c1-13-9-16(20-24-13)19-17(22)12-21(11-15-6-4-8-23-15)10-14-5-2-3-7-18-14/h2-9H,10-12H2,1H3,(H,19,20,22). The van der Waals surface area contributed by atoms with E-state index in [9.17, 15) is 4.79 Å². The lowest BCUT2D eigenvalue weighted by Gasteiger charge is -2.20. The van der Waals surface area contributed by atoms with E-state index in [-0.39, 0.29) is 12.5 Å². The van der Waals surface area contributed by atoms with Gasteiger partial charge in [0.25, 0.3) is 0 Å². The molecule has 24 heavy (non-hydrogen) atoms. The predicted octanol–water partition coefficient (Wildman–Crippen LogP) is 2.61. The second-order valence-electron chi connectivity index (χ2n) is 5.42. The van der Waals surface area contributed by atoms with Gasteiger partial charge in [-0.15, -0.1) is 0 Å². The van der Waals surface area contributed by atoms with Crippen LogP contribution >= 0.6 is 0 Å². The van der Waals surface area contributed by atoms with Gasteiger partial charge in [0.05, 0.1) is 25.0 Å². The molecule has 0 aliphatic carbocycles. The SMILES string of the molecule is Cc1cc(NC(=O)CN(Cc2ccccn2)Cc2ccco2)no1. The largest absolute Gasteiger partial charge is 0.468 e. The average molecular weight is 326 g/mol. The summed E-state index contributed by atoms with van der Waals surface area (Å²) in [6, 6.07) is 11.1. The summed E-state index contributed by atoms with van der Waals surface area (Å²) < 4.78 is 10.3. The van der Waals surface area contributed by atoms with E-state index in [2.05, 4.69) is 15.5 Å². The van der Waals surface area contributed by atoms with Crippen LogP contribution < -0.4 is 5.32 Å². The third-order valence-electron chi connectivity index (χ3n) is 3.33. The lowest BCUT2D eigenvalue weighted by molar-refractivity contribution is -0.117. The number of nitrogens with one attached hydrogen (secondary N) is 1. The van der Waals surface area contributed by atoms with Gasteiger partial charge < -0.3 is 14.3 Å². The third-order valence-corrected chi connectivity index (χ3v) is 3.33. The van der Waals surface area contributed by atoms with Gasteiger partial charge in [0.2, 0.25) is 5.91 Å². The Morgan fingerprint density at radius 3 is 2.83 bits per heavy atom. The minimum absolute atomic E-state index is 0.175. The molecule has 0 bridgehead atoms.